The lowest BCUT2D eigenvalue weighted by Gasteiger charge is -2.20. The van der Waals surface area contributed by atoms with Crippen molar-refractivity contribution in [2.24, 2.45) is 0 Å². The zero-order valence-corrected chi connectivity index (χ0v) is 20.1. The maximum atomic E-state index is 12.3. The summed E-state index contributed by atoms with van der Waals surface area (Å²) in [6, 6.07) is 17.2. The molecule has 33 heavy (non-hydrogen) atoms. The third-order valence-electron chi connectivity index (χ3n) is 4.61. The lowest BCUT2D eigenvalue weighted by Crippen LogP contribution is -2.48. The average Bonchev–Trinajstić information content (AvgIpc) is 3.18. The van der Waals surface area contributed by atoms with Crippen molar-refractivity contribution in [2.45, 2.75) is 44.4 Å². The fraction of sp³-hybridized carbons (Fsp3) is 0.333. The van der Waals surface area contributed by atoms with Crippen LogP contribution in [-0.4, -0.2) is 45.1 Å². The second-order valence-corrected chi connectivity index (χ2v) is 9.41. The number of nitrogens with zero attached hydrogens (tertiary/aromatic N) is 3. The van der Waals surface area contributed by atoms with E-state index in [1.165, 1.54) is 17.3 Å². The first-order valence-corrected chi connectivity index (χ1v) is 11.6. The van der Waals surface area contributed by atoms with E-state index in [0.717, 1.165) is 17.7 Å². The Kier molecular flexibility index (Phi) is 8.11. The van der Waals surface area contributed by atoms with Crippen LogP contribution in [0, 0.1) is 0 Å². The largest absolute Gasteiger partial charge is 0.497 e. The summed E-state index contributed by atoms with van der Waals surface area (Å²) in [4.78, 5) is 24.2. The second kappa shape index (κ2) is 11.0. The number of methoxy groups -OCH3 is 1. The zero-order valence-electron chi connectivity index (χ0n) is 19.3. The summed E-state index contributed by atoms with van der Waals surface area (Å²) in [6.07, 6.45) is 0.787. The van der Waals surface area contributed by atoms with Crippen LogP contribution >= 0.6 is 11.8 Å². The van der Waals surface area contributed by atoms with Crippen LogP contribution in [0.3, 0.4) is 0 Å². The number of amides is 3. The Bertz CT molecular complexity index is 1080. The number of hydrogen-bond donors (Lipinski definition) is 2. The standard InChI is InChI=1S/C24H29N5O3S/c1-24(2,3)26-22(31)25-20(30)16-33-23-28-27-21(18-10-12-19(32-4)13-11-18)29(23)15-14-17-8-6-5-7-9-17/h5-13H,14-16H2,1-4H3,(H2,25,26,30,31). The Hall–Kier alpha value is -3.33. The van der Waals surface area contributed by atoms with Crippen molar-refractivity contribution in [3.63, 3.8) is 0 Å². The van der Waals surface area contributed by atoms with Crippen molar-refractivity contribution in [3.05, 3.63) is 60.2 Å². The highest BCUT2D eigenvalue weighted by Gasteiger charge is 2.18. The normalized spacial score (nSPS) is 11.2. The Labute approximate surface area is 198 Å². The monoisotopic (exact) mass is 467 g/mol. The lowest BCUT2D eigenvalue weighted by molar-refractivity contribution is -0.117. The molecule has 0 fully saturated rings. The Morgan fingerprint density at radius 2 is 1.73 bits per heavy atom. The maximum absolute atomic E-state index is 12.3. The first-order chi connectivity index (χ1) is 15.7. The smallest absolute Gasteiger partial charge is 0.321 e. The van der Waals surface area contributed by atoms with Crippen molar-refractivity contribution >= 4 is 23.7 Å². The van der Waals surface area contributed by atoms with E-state index >= 15 is 0 Å². The van der Waals surface area contributed by atoms with E-state index in [1.807, 2.05) is 67.8 Å². The summed E-state index contributed by atoms with van der Waals surface area (Å²) in [6.45, 7) is 6.19. The van der Waals surface area contributed by atoms with Crippen LogP contribution in [-0.2, 0) is 17.8 Å². The van der Waals surface area contributed by atoms with Gasteiger partial charge in [-0.1, -0.05) is 42.1 Å². The van der Waals surface area contributed by atoms with Gasteiger partial charge in [0.2, 0.25) is 5.91 Å². The molecule has 0 aliphatic heterocycles. The van der Waals surface area contributed by atoms with E-state index in [4.69, 9.17) is 4.74 Å². The molecule has 2 N–H and O–H groups in total. The molecule has 0 radical (unpaired) electrons. The van der Waals surface area contributed by atoms with Gasteiger partial charge in [-0.15, -0.1) is 10.2 Å². The van der Waals surface area contributed by atoms with E-state index in [9.17, 15) is 9.59 Å². The minimum atomic E-state index is -0.516. The summed E-state index contributed by atoms with van der Waals surface area (Å²) in [5.41, 5.74) is 1.67. The molecule has 0 spiro atoms. The van der Waals surface area contributed by atoms with E-state index in [-0.39, 0.29) is 5.75 Å². The van der Waals surface area contributed by atoms with Crippen LogP contribution in [0.4, 0.5) is 4.79 Å². The fourth-order valence-corrected chi connectivity index (χ4v) is 3.87. The van der Waals surface area contributed by atoms with Gasteiger partial charge in [-0.3, -0.25) is 10.1 Å². The Morgan fingerprint density at radius 1 is 1.03 bits per heavy atom. The summed E-state index contributed by atoms with van der Waals surface area (Å²) in [5.74, 6) is 1.12. The molecule has 0 saturated heterocycles. The summed E-state index contributed by atoms with van der Waals surface area (Å²) >= 11 is 1.25. The van der Waals surface area contributed by atoms with Crippen molar-refractivity contribution < 1.29 is 14.3 Å². The minimum Gasteiger partial charge on any atom is -0.497 e. The number of urea groups is 1. The van der Waals surface area contributed by atoms with Gasteiger partial charge in [0.1, 0.15) is 5.75 Å². The Balaban J connectivity index is 1.74. The Morgan fingerprint density at radius 3 is 2.36 bits per heavy atom. The number of thioether (sulfide) groups is 1. The molecule has 1 heterocycles. The molecule has 174 valence electrons. The molecule has 0 aliphatic rings. The van der Waals surface area contributed by atoms with Gasteiger partial charge in [0.25, 0.3) is 0 Å². The highest BCUT2D eigenvalue weighted by atomic mass is 32.2. The number of carbonyl (C=O) groups is 2. The molecule has 0 aliphatic carbocycles. The maximum Gasteiger partial charge on any atom is 0.321 e. The summed E-state index contributed by atoms with van der Waals surface area (Å²) < 4.78 is 7.25. The number of hydrogen-bond acceptors (Lipinski definition) is 6. The van der Waals surface area contributed by atoms with E-state index < -0.39 is 17.5 Å². The molecule has 0 atom stereocenters. The molecule has 3 aromatic rings. The SMILES string of the molecule is COc1ccc(-c2nnc(SCC(=O)NC(=O)NC(C)(C)C)n2CCc2ccccc2)cc1. The number of aromatic nitrogens is 3. The fourth-order valence-electron chi connectivity index (χ4n) is 3.10. The molecular weight excluding hydrogens is 438 g/mol. The van der Waals surface area contributed by atoms with Crippen LogP contribution in [0.2, 0.25) is 0 Å². The zero-order chi connectivity index (χ0) is 23.8. The number of rotatable bonds is 8. The number of imide groups is 1. The minimum absolute atomic E-state index is 0.0453. The molecule has 0 bridgehead atoms. The van der Waals surface area contributed by atoms with Gasteiger partial charge in [0.15, 0.2) is 11.0 Å². The molecule has 9 heteroatoms. The van der Waals surface area contributed by atoms with Gasteiger partial charge in [0.05, 0.1) is 12.9 Å². The summed E-state index contributed by atoms with van der Waals surface area (Å²) in [5, 5.41) is 14.4. The lowest BCUT2D eigenvalue weighted by atomic mass is 10.1. The van der Waals surface area contributed by atoms with E-state index in [0.29, 0.717) is 17.5 Å². The predicted octanol–water partition coefficient (Wildman–Crippen LogP) is 3.91. The van der Waals surface area contributed by atoms with Gasteiger partial charge >= 0.3 is 6.03 Å². The van der Waals surface area contributed by atoms with Gasteiger partial charge in [0, 0.05) is 17.6 Å². The first-order valence-electron chi connectivity index (χ1n) is 10.6. The first kappa shape index (κ1) is 24.3. The van der Waals surface area contributed by atoms with Crippen LogP contribution in [0.5, 0.6) is 5.75 Å². The molecule has 3 amide bonds. The number of benzene rings is 2. The third kappa shape index (κ3) is 7.35. The van der Waals surface area contributed by atoms with Crippen molar-refractivity contribution in [1.29, 1.82) is 0 Å². The highest BCUT2D eigenvalue weighted by Crippen LogP contribution is 2.26. The predicted molar refractivity (Wildman–Crippen MR) is 129 cm³/mol. The van der Waals surface area contributed by atoms with Crippen LogP contribution in [0.1, 0.15) is 26.3 Å². The van der Waals surface area contributed by atoms with Crippen LogP contribution in [0.25, 0.3) is 11.4 Å². The highest BCUT2D eigenvalue weighted by molar-refractivity contribution is 7.99. The number of ether oxygens (including phenoxy) is 1. The van der Waals surface area contributed by atoms with Gasteiger partial charge in [-0.05, 0) is 57.0 Å². The molecule has 8 nitrogen and oxygen atoms in total. The topological polar surface area (TPSA) is 98.1 Å². The molecule has 0 unspecified atom stereocenters. The second-order valence-electron chi connectivity index (χ2n) is 8.46. The van der Waals surface area contributed by atoms with E-state index in [2.05, 4.69) is 33.0 Å². The van der Waals surface area contributed by atoms with Gasteiger partial charge in [-0.25, -0.2) is 4.79 Å². The quantitative estimate of drug-likeness (QED) is 0.488. The summed E-state index contributed by atoms with van der Waals surface area (Å²) in [7, 11) is 1.62. The number of nitrogens with one attached hydrogen (secondary N) is 2. The molecular formula is C24H29N5O3S. The third-order valence-corrected chi connectivity index (χ3v) is 5.57. The van der Waals surface area contributed by atoms with Crippen molar-refractivity contribution in [3.8, 4) is 17.1 Å². The van der Waals surface area contributed by atoms with Crippen LogP contribution < -0.4 is 15.4 Å². The van der Waals surface area contributed by atoms with Crippen molar-refractivity contribution in [1.82, 2.24) is 25.4 Å². The van der Waals surface area contributed by atoms with Gasteiger partial charge < -0.3 is 14.6 Å². The number of carbonyl (C=O) groups excluding carboxylic acids is 2. The average molecular weight is 468 g/mol. The molecule has 2 aromatic carbocycles. The van der Waals surface area contributed by atoms with Crippen molar-refractivity contribution in [2.75, 3.05) is 12.9 Å². The molecule has 3 rings (SSSR count). The van der Waals surface area contributed by atoms with Gasteiger partial charge in [-0.2, -0.15) is 0 Å². The molecule has 1 aromatic heterocycles. The van der Waals surface area contributed by atoms with Crippen LogP contribution in [0.15, 0.2) is 59.8 Å². The number of aryl methyl sites for hydroxylation is 1. The molecule has 0 saturated carbocycles. The van der Waals surface area contributed by atoms with E-state index in [1.54, 1.807) is 7.11 Å².